The van der Waals surface area contributed by atoms with Gasteiger partial charge in [0.2, 0.25) is 0 Å². The van der Waals surface area contributed by atoms with Gasteiger partial charge in [0.25, 0.3) is 0 Å². The number of rotatable bonds is 2. The molecule has 6 aliphatic rings. The Hall–Kier alpha value is -4.99. The molecule has 2 spiro atoms. The van der Waals surface area contributed by atoms with Crippen molar-refractivity contribution in [3.05, 3.63) is 180 Å². The van der Waals surface area contributed by atoms with E-state index in [4.69, 9.17) is 41.8 Å². The Morgan fingerprint density at radius 2 is 0.542 bits per heavy atom. The molecule has 0 radical (unpaired) electrons. The van der Waals surface area contributed by atoms with Crippen molar-refractivity contribution in [2.75, 3.05) is 0 Å². The highest BCUT2D eigenvalue weighted by atomic mass is 35.5. The van der Waals surface area contributed by atoms with Crippen molar-refractivity contribution in [2.24, 2.45) is 0 Å². The number of hydrogen-bond donors (Lipinski definition) is 0. The van der Waals surface area contributed by atoms with E-state index in [0.29, 0.717) is 0 Å². The molecule has 6 aliphatic heterocycles. The Kier molecular flexibility index (Phi) is 11.5. The molecule has 0 N–H and O–H groups in total. The molecule has 0 bridgehead atoms. The normalized spacial score (nSPS) is 19.8. The van der Waals surface area contributed by atoms with Gasteiger partial charge < -0.3 is 18.6 Å². The van der Waals surface area contributed by atoms with Crippen molar-refractivity contribution >= 4 is 68.4 Å². The predicted octanol–water partition coefficient (Wildman–Crippen LogP) is 17.2. The smallest absolute Gasteiger partial charge is 0.399 e. The molecule has 6 heterocycles. The summed E-state index contributed by atoms with van der Waals surface area (Å²) >= 11 is 12.8. The van der Waals surface area contributed by atoms with Gasteiger partial charge in [0.05, 0.1) is 22.4 Å². The van der Waals surface area contributed by atoms with Crippen molar-refractivity contribution < 1.29 is 18.6 Å². The van der Waals surface area contributed by atoms with Gasteiger partial charge in [-0.3, -0.25) is 0 Å². The Balaban J connectivity index is 0.000000166. The molecule has 0 amide bonds. The summed E-state index contributed by atoms with van der Waals surface area (Å²) in [5, 5.41) is 1.56. The van der Waals surface area contributed by atoms with Crippen LogP contribution in [0.3, 0.4) is 0 Å². The first-order chi connectivity index (χ1) is 33.5. The maximum absolute atomic E-state index is 6.48. The second-order valence-electron chi connectivity index (χ2n) is 21.2. The van der Waals surface area contributed by atoms with Crippen LogP contribution in [0.2, 0.25) is 10.0 Å². The van der Waals surface area contributed by atoms with E-state index in [-0.39, 0.29) is 37.3 Å². The standard InChI is InChI=1S/C36H38B2O4S.C24H14Cl2S.2CH4/c1-33(2)34(3,4)40-37(39-33)23-17-19-31-27(21-23)25-13-9-11-15-29(25)43(31)30-16-12-10-14-26(30)28-22-24(18-20-32(28)43)38-41-35(5,6)36(7,8)42-38;25-15-9-11-23-19(13-15)17-5-1-3-7-21(17)27(23)22-8-4-2-6-18(22)20-14-16(26)10-12-24(20)27;;/h9-22H,1-8H3;1-14H;2*1H4. The van der Waals surface area contributed by atoms with E-state index < -0.39 is 34.3 Å². The summed E-state index contributed by atoms with van der Waals surface area (Å²) < 4.78 is 25.9. The van der Waals surface area contributed by atoms with Crippen LogP contribution in [-0.4, -0.2) is 36.6 Å². The Bertz CT molecular complexity index is 3290. The van der Waals surface area contributed by atoms with Gasteiger partial charge in [-0.25, -0.2) is 0 Å². The van der Waals surface area contributed by atoms with Crippen LogP contribution in [0.25, 0.3) is 44.5 Å². The van der Waals surface area contributed by atoms with Crippen LogP contribution in [0.5, 0.6) is 0 Å². The van der Waals surface area contributed by atoms with E-state index in [1.54, 1.807) is 0 Å². The van der Waals surface area contributed by atoms with Crippen LogP contribution in [0.4, 0.5) is 0 Å². The zero-order valence-electron chi connectivity index (χ0n) is 40.5. The first-order valence-corrected chi connectivity index (χ1v) is 28.1. The minimum absolute atomic E-state index is 0. The van der Waals surface area contributed by atoms with Crippen LogP contribution in [0.15, 0.2) is 209 Å². The highest BCUT2D eigenvalue weighted by molar-refractivity contribution is 8.35. The average Bonchev–Trinajstić information content (AvgIpc) is 4.11. The molecule has 8 aromatic carbocycles. The first-order valence-electron chi connectivity index (χ1n) is 24.1. The third kappa shape index (κ3) is 6.59. The monoisotopic (exact) mass is 1020 g/mol. The SMILES string of the molecule is C.C.CC1(C)OB(c2ccc3c(c2)-c2ccccc2S32c3ccccc3-c3cc(B4OC(C)(C)C(C)(C)O4)ccc32)OC1(C)C.Clc1ccc2c(c1)-c1ccccc1S21c2ccccc2-c2cc(Cl)ccc21. The molecule has 8 aromatic rings. The quantitative estimate of drug-likeness (QED) is 0.162. The third-order valence-electron chi connectivity index (χ3n) is 16.3. The van der Waals surface area contributed by atoms with Crippen molar-refractivity contribution in [1.82, 2.24) is 0 Å². The minimum atomic E-state index is -1.70. The van der Waals surface area contributed by atoms with Gasteiger partial charge in [-0.05, 0) is 184 Å². The van der Waals surface area contributed by atoms with Gasteiger partial charge in [-0.1, -0.05) is 135 Å². The van der Waals surface area contributed by atoms with Crippen LogP contribution in [-0.2, 0) is 18.6 Å². The fourth-order valence-electron chi connectivity index (χ4n) is 11.5. The van der Waals surface area contributed by atoms with Gasteiger partial charge in [0.1, 0.15) is 0 Å². The fourth-order valence-corrected chi connectivity index (χ4v) is 20.9. The van der Waals surface area contributed by atoms with Gasteiger partial charge in [0, 0.05) is 49.2 Å². The molecule has 4 nitrogen and oxygen atoms in total. The predicted molar refractivity (Wildman–Crippen MR) is 304 cm³/mol. The van der Waals surface area contributed by atoms with E-state index in [1.807, 2.05) is 12.1 Å². The van der Waals surface area contributed by atoms with E-state index in [0.717, 1.165) is 21.0 Å². The lowest BCUT2D eigenvalue weighted by Crippen LogP contribution is -2.41. The Labute approximate surface area is 440 Å². The van der Waals surface area contributed by atoms with Crippen molar-refractivity contribution in [3.63, 3.8) is 0 Å². The van der Waals surface area contributed by atoms with Gasteiger partial charge in [-0.15, -0.1) is 20.1 Å². The van der Waals surface area contributed by atoms with Crippen LogP contribution in [0, 0.1) is 0 Å². The molecule has 364 valence electrons. The molecular formula is C62H60B2Cl2O4S2. The molecule has 0 saturated carbocycles. The highest BCUT2D eigenvalue weighted by Crippen LogP contribution is 2.86. The average molecular weight is 1030 g/mol. The molecule has 72 heavy (non-hydrogen) atoms. The number of hydrogen-bond acceptors (Lipinski definition) is 4. The largest absolute Gasteiger partial charge is 0.494 e. The lowest BCUT2D eigenvalue weighted by molar-refractivity contribution is 0.00578. The maximum Gasteiger partial charge on any atom is 0.494 e. The van der Waals surface area contributed by atoms with E-state index in [9.17, 15) is 0 Å². The molecule has 2 fully saturated rings. The summed E-state index contributed by atoms with van der Waals surface area (Å²) in [6, 6.07) is 62.0. The number of fused-ring (bicyclic) bond motifs is 20. The molecule has 0 aromatic heterocycles. The van der Waals surface area contributed by atoms with Crippen LogP contribution in [0.1, 0.15) is 70.2 Å². The number of benzene rings is 8. The molecule has 0 aliphatic carbocycles. The minimum Gasteiger partial charge on any atom is -0.399 e. The molecule has 14 rings (SSSR count). The summed E-state index contributed by atoms with van der Waals surface area (Å²) in [5.41, 5.74) is 10.8. The fraction of sp³-hybridized carbons (Fsp3) is 0.226. The topological polar surface area (TPSA) is 36.9 Å². The molecule has 0 atom stereocenters. The summed E-state index contributed by atoms with van der Waals surface area (Å²) in [5.74, 6) is 0. The van der Waals surface area contributed by atoms with Crippen LogP contribution >= 0.6 is 43.3 Å². The van der Waals surface area contributed by atoms with Crippen molar-refractivity contribution in [2.45, 2.75) is 132 Å². The van der Waals surface area contributed by atoms with Gasteiger partial charge in [-0.2, -0.15) is 0 Å². The zero-order valence-corrected chi connectivity index (χ0v) is 43.7. The lowest BCUT2D eigenvalue weighted by atomic mass is 9.78. The molecule has 10 heteroatoms. The van der Waals surface area contributed by atoms with Gasteiger partial charge in [0.15, 0.2) is 0 Å². The summed E-state index contributed by atoms with van der Waals surface area (Å²) in [6.45, 7) is 16.9. The van der Waals surface area contributed by atoms with Crippen molar-refractivity contribution in [1.29, 1.82) is 0 Å². The second kappa shape index (κ2) is 16.8. The zero-order chi connectivity index (χ0) is 48.3. The maximum atomic E-state index is 6.48. The first kappa shape index (κ1) is 49.2. The molecule has 2 saturated heterocycles. The third-order valence-corrected chi connectivity index (χ3v) is 24.9. The van der Waals surface area contributed by atoms with Crippen molar-refractivity contribution in [3.8, 4) is 44.5 Å². The summed E-state index contributed by atoms with van der Waals surface area (Å²) in [7, 11) is -4.02. The van der Waals surface area contributed by atoms with Crippen LogP contribution < -0.4 is 10.9 Å². The van der Waals surface area contributed by atoms with E-state index in [2.05, 4.69) is 213 Å². The lowest BCUT2D eigenvalue weighted by Gasteiger charge is -2.36. The molecular weight excluding hydrogens is 965 g/mol. The molecule has 0 unspecified atom stereocenters. The Morgan fingerprint density at radius 1 is 0.306 bits per heavy atom. The van der Waals surface area contributed by atoms with E-state index >= 15 is 0 Å². The summed E-state index contributed by atoms with van der Waals surface area (Å²) in [6.07, 6.45) is 0. The second-order valence-corrected chi connectivity index (χ2v) is 28.0. The number of halogens is 2. The van der Waals surface area contributed by atoms with E-state index in [1.165, 1.54) is 83.7 Å². The van der Waals surface area contributed by atoms with Gasteiger partial charge >= 0.3 is 14.2 Å². The highest BCUT2D eigenvalue weighted by Gasteiger charge is 2.55. The Morgan fingerprint density at radius 3 is 0.833 bits per heavy atom. The summed E-state index contributed by atoms with van der Waals surface area (Å²) in [4.78, 5) is 11.1.